The molecule has 1 aliphatic rings. The van der Waals surface area contributed by atoms with E-state index in [0.29, 0.717) is 18.6 Å². The third-order valence-electron chi connectivity index (χ3n) is 5.13. The highest BCUT2D eigenvalue weighted by Crippen LogP contribution is 2.23. The maximum Gasteiger partial charge on any atom is 0.239 e. The van der Waals surface area contributed by atoms with Gasteiger partial charge in [-0.1, -0.05) is 26.0 Å². The molecule has 1 amide bonds. The Balaban J connectivity index is 1.51. The normalized spacial score (nSPS) is 17.5. The molecule has 6 heteroatoms. The highest BCUT2D eigenvalue weighted by atomic mass is 32.1. The van der Waals surface area contributed by atoms with Crippen molar-refractivity contribution >= 4 is 27.5 Å². The van der Waals surface area contributed by atoms with Crippen LogP contribution < -0.4 is 0 Å². The largest absolute Gasteiger partial charge is 0.378 e. The summed E-state index contributed by atoms with van der Waals surface area (Å²) in [7, 11) is 1.88. The highest BCUT2D eigenvalue weighted by Gasteiger charge is 2.29. The SMILES string of the molecule is CC(C)COC1CCN(C(C)C(=O)N(C)Cc2nc3ccccc3s2)CC1. The monoisotopic (exact) mass is 389 g/mol. The molecular formula is C21H31N3O2S. The van der Waals surface area contributed by atoms with Gasteiger partial charge in [0, 0.05) is 26.7 Å². The van der Waals surface area contributed by atoms with E-state index in [2.05, 4.69) is 29.8 Å². The molecule has 3 rings (SSSR count). The Hall–Kier alpha value is -1.50. The molecule has 1 aliphatic heterocycles. The summed E-state index contributed by atoms with van der Waals surface area (Å²) >= 11 is 1.66. The van der Waals surface area contributed by atoms with E-state index in [0.717, 1.165) is 43.1 Å². The number of amides is 1. The molecule has 1 unspecified atom stereocenters. The number of likely N-dealkylation sites (tertiary alicyclic amines) is 1. The van der Waals surface area contributed by atoms with Gasteiger partial charge in [-0.2, -0.15) is 0 Å². The van der Waals surface area contributed by atoms with Crippen LogP contribution in [0.5, 0.6) is 0 Å². The molecule has 0 spiro atoms. The summed E-state index contributed by atoms with van der Waals surface area (Å²) in [6.45, 7) is 9.61. The Morgan fingerprint density at radius 1 is 1.30 bits per heavy atom. The lowest BCUT2D eigenvalue weighted by molar-refractivity contribution is -0.136. The van der Waals surface area contributed by atoms with Gasteiger partial charge in [0.25, 0.3) is 0 Å². The average Bonchev–Trinajstić information content (AvgIpc) is 3.07. The van der Waals surface area contributed by atoms with Crippen molar-refractivity contribution in [3.63, 3.8) is 0 Å². The average molecular weight is 390 g/mol. The van der Waals surface area contributed by atoms with Gasteiger partial charge in [-0.15, -0.1) is 11.3 Å². The van der Waals surface area contributed by atoms with Crippen LogP contribution in [0.25, 0.3) is 10.2 Å². The van der Waals surface area contributed by atoms with Gasteiger partial charge in [0.05, 0.1) is 28.9 Å². The maximum absolute atomic E-state index is 12.9. The molecule has 1 atom stereocenters. The predicted octanol–water partition coefficient (Wildman–Crippen LogP) is 3.78. The minimum absolute atomic E-state index is 0.101. The quantitative estimate of drug-likeness (QED) is 0.723. The van der Waals surface area contributed by atoms with Crippen molar-refractivity contribution in [1.82, 2.24) is 14.8 Å². The molecule has 0 bridgehead atoms. The first kappa shape index (κ1) is 20.2. The number of carbonyl (C=O) groups excluding carboxylic acids is 1. The van der Waals surface area contributed by atoms with Gasteiger partial charge in [0.1, 0.15) is 5.01 Å². The van der Waals surface area contributed by atoms with Crippen molar-refractivity contribution in [1.29, 1.82) is 0 Å². The molecule has 1 aromatic heterocycles. The number of piperidine rings is 1. The summed E-state index contributed by atoms with van der Waals surface area (Å²) < 4.78 is 7.13. The fourth-order valence-electron chi connectivity index (χ4n) is 3.50. The van der Waals surface area contributed by atoms with E-state index in [9.17, 15) is 4.79 Å². The summed E-state index contributed by atoms with van der Waals surface area (Å²) in [6.07, 6.45) is 2.35. The van der Waals surface area contributed by atoms with Crippen molar-refractivity contribution in [2.75, 3.05) is 26.7 Å². The number of likely N-dealkylation sites (N-methyl/N-ethyl adjacent to an activating group) is 1. The molecule has 1 aromatic carbocycles. The van der Waals surface area contributed by atoms with Crippen molar-refractivity contribution in [3.05, 3.63) is 29.3 Å². The van der Waals surface area contributed by atoms with E-state index >= 15 is 0 Å². The predicted molar refractivity (Wildman–Crippen MR) is 111 cm³/mol. The van der Waals surface area contributed by atoms with Gasteiger partial charge in [-0.05, 0) is 37.8 Å². The van der Waals surface area contributed by atoms with E-state index in [4.69, 9.17) is 4.74 Å². The molecule has 0 aliphatic carbocycles. The number of carbonyl (C=O) groups is 1. The number of thiazole rings is 1. The van der Waals surface area contributed by atoms with Crippen LogP contribution in [0.4, 0.5) is 0 Å². The number of hydrogen-bond acceptors (Lipinski definition) is 5. The van der Waals surface area contributed by atoms with Crippen molar-refractivity contribution < 1.29 is 9.53 Å². The summed E-state index contributed by atoms with van der Waals surface area (Å²) in [6, 6.07) is 8.01. The third kappa shape index (κ3) is 5.27. The smallest absolute Gasteiger partial charge is 0.239 e. The number of nitrogens with zero attached hydrogens (tertiary/aromatic N) is 3. The zero-order chi connectivity index (χ0) is 19.4. The zero-order valence-corrected chi connectivity index (χ0v) is 17.7. The Morgan fingerprint density at radius 3 is 2.67 bits per heavy atom. The molecule has 0 N–H and O–H groups in total. The van der Waals surface area contributed by atoms with Crippen LogP contribution in [-0.4, -0.2) is 59.6 Å². The van der Waals surface area contributed by atoms with Crippen LogP contribution in [0, 0.1) is 5.92 Å². The number of fused-ring (bicyclic) bond motifs is 1. The fraction of sp³-hybridized carbons (Fsp3) is 0.619. The van der Waals surface area contributed by atoms with E-state index in [1.165, 1.54) is 4.70 Å². The van der Waals surface area contributed by atoms with Crippen LogP contribution in [-0.2, 0) is 16.1 Å². The van der Waals surface area contributed by atoms with Crippen molar-refractivity contribution in [2.24, 2.45) is 5.92 Å². The summed E-state index contributed by atoms with van der Waals surface area (Å²) in [5.41, 5.74) is 1.01. The number of ether oxygens (including phenoxy) is 1. The highest BCUT2D eigenvalue weighted by molar-refractivity contribution is 7.18. The molecule has 1 fully saturated rings. The van der Waals surface area contributed by atoms with Gasteiger partial charge in [0.2, 0.25) is 5.91 Å². The van der Waals surface area contributed by atoms with Crippen molar-refractivity contribution in [3.8, 4) is 0 Å². The van der Waals surface area contributed by atoms with Gasteiger partial charge in [-0.25, -0.2) is 4.98 Å². The fourth-order valence-corrected chi connectivity index (χ4v) is 4.52. The minimum Gasteiger partial charge on any atom is -0.378 e. The second-order valence-electron chi connectivity index (χ2n) is 7.91. The standard InChI is InChI=1S/C21H31N3O2S/c1-15(2)14-26-17-9-11-24(12-10-17)16(3)21(25)23(4)13-20-22-18-7-5-6-8-19(18)27-20/h5-8,15-17H,9-14H2,1-4H3. The number of aromatic nitrogens is 1. The molecule has 5 nitrogen and oxygen atoms in total. The molecule has 148 valence electrons. The number of rotatable bonds is 7. The lowest BCUT2D eigenvalue weighted by Crippen LogP contribution is -2.49. The topological polar surface area (TPSA) is 45.7 Å². The van der Waals surface area contributed by atoms with Gasteiger partial charge < -0.3 is 9.64 Å². The van der Waals surface area contributed by atoms with E-state index in [1.807, 2.05) is 37.1 Å². The van der Waals surface area contributed by atoms with Crippen LogP contribution in [0.2, 0.25) is 0 Å². The van der Waals surface area contributed by atoms with E-state index in [1.54, 1.807) is 11.3 Å². The summed E-state index contributed by atoms with van der Waals surface area (Å²) in [5, 5.41) is 0.986. The first-order valence-electron chi connectivity index (χ1n) is 9.89. The molecule has 2 aromatic rings. The Bertz CT molecular complexity index is 720. The van der Waals surface area contributed by atoms with E-state index in [-0.39, 0.29) is 11.9 Å². The number of para-hydroxylation sites is 1. The first-order chi connectivity index (χ1) is 12.9. The van der Waals surface area contributed by atoms with Crippen molar-refractivity contribution in [2.45, 2.75) is 52.3 Å². The molecule has 1 saturated heterocycles. The maximum atomic E-state index is 12.9. The summed E-state index contributed by atoms with van der Waals surface area (Å²) in [4.78, 5) is 21.6. The van der Waals surface area contributed by atoms with Gasteiger partial charge >= 0.3 is 0 Å². The number of benzene rings is 1. The molecular weight excluding hydrogens is 358 g/mol. The number of hydrogen-bond donors (Lipinski definition) is 0. The molecule has 2 heterocycles. The Labute approximate surface area is 166 Å². The summed E-state index contributed by atoms with van der Waals surface area (Å²) in [5.74, 6) is 0.732. The lowest BCUT2D eigenvalue weighted by Gasteiger charge is -2.36. The Kier molecular flexibility index (Phi) is 6.84. The molecule has 27 heavy (non-hydrogen) atoms. The van der Waals surface area contributed by atoms with Crippen LogP contribution in [0.1, 0.15) is 38.6 Å². The van der Waals surface area contributed by atoms with E-state index < -0.39 is 0 Å². The zero-order valence-electron chi connectivity index (χ0n) is 16.9. The lowest BCUT2D eigenvalue weighted by atomic mass is 10.1. The molecule has 0 radical (unpaired) electrons. The van der Waals surface area contributed by atoms with Gasteiger partial charge in [-0.3, -0.25) is 9.69 Å². The third-order valence-corrected chi connectivity index (χ3v) is 6.15. The minimum atomic E-state index is -0.101. The Morgan fingerprint density at radius 2 is 2.00 bits per heavy atom. The van der Waals surface area contributed by atoms with Crippen LogP contribution in [0.3, 0.4) is 0 Å². The van der Waals surface area contributed by atoms with Crippen LogP contribution >= 0.6 is 11.3 Å². The second-order valence-corrected chi connectivity index (χ2v) is 9.02. The first-order valence-corrected chi connectivity index (χ1v) is 10.7. The van der Waals surface area contributed by atoms with Gasteiger partial charge in [0.15, 0.2) is 0 Å². The second kappa shape index (κ2) is 9.13. The molecule has 0 saturated carbocycles. The van der Waals surface area contributed by atoms with Crippen LogP contribution in [0.15, 0.2) is 24.3 Å².